The number of ether oxygens (including phenoxy) is 1. The van der Waals surface area contributed by atoms with Gasteiger partial charge in [-0.25, -0.2) is 10.1 Å². The third-order valence-corrected chi connectivity index (χ3v) is 6.27. The van der Waals surface area contributed by atoms with Gasteiger partial charge in [0.2, 0.25) is 5.91 Å². The number of halogens is 6. The SMILES string of the molecule is C/C=C(\C=N/C(=C(C)CC)N1CCN(C(=O)CCOC(CC)c2cc(C(F)(F)F)c(=O)[nH]n2)CC1)C(F)(F)F. The second-order valence-corrected chi connectivity index (χ2v) is 8.88. The molecule has 1 amide bonds. The molecule has 0 aromatic carbocycles. The van der Waals surface area contributed by atoms with Crippen LogP contribution in [-0.4, -0.2) is 71.1 Å². The molecule has 218 valence electrons. The van der Waals surface area contributed by atoms with Gasteiger partial charge in [0.15, 0.2) is 0 Å². The molecule has 1 fully saturated rings. The summed E-state index contributed by atoms with van der Waals surface area (Å²) in [5, 5.41) is 5.49. The van der Waals surface area contributed by atoms with Gasteiger partial charge in [-0.3, -0.25) is 9.59 Å². The molecule has 0 aliphatic carbocycles. The number of rotatable bonds is 10. The van der Waals surface area contributed by atoms with Crippen LogP contribution >= 0.6 is 0 Å². The Bertz CT molecular complexity index is 1130. The van der Waals surface area contributed by atoms with Crippen LogP contribution in [0.3, 0.4) is 0 Å². The van der Waals surface area contributed by atoms with E-state index >= 15 is 0 Å². The van der Waals surface area contributed by atoms with E-state index in [4.69, 9.17) is 4.74 Å². The zero-order valence-electron chi connectivity index (χ0n) is 22.2. The number of amides is 1. The highest BCUT2D eigenvalue weighted by atomic mass is 19.4. The summed E-state index contributed by atoms with van der Waals surface area (Å²) < 4.78 is 84.0. The number of H-pyrrole nitrogens is 1. The Hall–Kier alpha value is -3.16. The number of alkyl halides is 6. The molecule has 1 unspecified atom stereocenters. The lowest BCUT2D eigenvalue weighted by Gasteiger charge is -2.37. The van der Waals surface area contributed by atoms with Crippen LogP contribution in [0, 0.1) is 0 Å². The van der Waals surface area contributed by atoms with Gasteiger partial charge >= 0.3 is 12.4 Å². The minimum Gasteiger partial charge on any atom is -0.371 e. The van der Waals surface area contributed by atoms with Crippen molar-refractivity contribution in [1.82, 2.24) is 20.0 Å². The molecule has 1 aromatic heterocycles. The Balaban J connectivity index is 1.97. The van der Waals surface area contributed by atoms with E-state index in [9.17, 15) is 35.9 Å². The molecule has 0 spiro atoms. The first-order valence-corrected chi connectivity index (χ1v) is 12.5. The lowest BCUT2D eigenvalue weighted by atomic mass is 10.1. The van der Waals surface area contributed by atoms with Crippen molar-refractivity contribution in [2.75, 3.05) is 32.8 Å². The molecule has 0 radical (unpaired) electrons. The molecule has 2 heterocycles. The molecule has 1 aliphatic heterocycles. The maximum atomic E-state index is 13.1. The Kier molecular flexibility index (Phi) is 11.3. The van der Waals surface area contributed by atoms with Gasteiger partial charge in [-0.2, -0.15) is 31.4 Å². The topological polar surface area (TPSA) is 90.9 Å². The monoisotopic (exact) mass is 565 g/mol. The quantitative estimate of drug-likeness (QED) is 0.318. The van der Waals surface area contributed by atoms with Crippen LogP contribution in [0.2, 0.25) is 0 Å². The molecule has 1 N–H and O–H groups in total. The Morgan fingerprint density at radius 3 is 2.28 bits per heavy atom. The minimum atomic E-state index is -4.84. The van der Waals surface area contributed by atoms with E-state index in [2.05, 4.69) is 10.1 Å². The predicted octanol–water partition coefficient (Wildman–Crippen LogP) is 5.01. The lowest BCUT2D eigenvalue weighted by Crippen LogP contribution is -2.48. The normalized spacial score (nSPS) is 17.0. The number of aromatic amines is 1. The van der Waals surface area contributed by atoms with Crippen LogP contribution < -0.4 is 5.56 Å². The fourth-order valence-electron chi connectivity index (χ4n) is 3.89. The highest BCUT2D eigenvalue weighted by Gasteiger charge is 2.35. The van der Waals surface area contributed by atoms with E-state index in [0.717, 1.165) is 17.9 Å². The first-order chi connectivity index (χ1) is 18.2. The van der Waals surface area contributed by atoms with Gasteiger partial charge in [0.05, 0.1) is 24.3 Å². The van der Waals surface area contributed by atoms with Crippen molar-refractivity contribution < 1.29 is 35.9 Å². The van der Waals surface area contributed by atoms with Crippen LogP contribution in [0.25, 0.3) is 0 Å². The largest absolute Gasteiger partial charge is 0.421 e. The summed E-state index contributed by atoms with van der Waals surface area (Å²) in [6.45, 7) is 7.93. The van der Waals surface area contributed by atoms with Crippen LogP contribution in [-0.2, 0) is 15.7 Å². The molecular weight excluding hydrogens is 532 g/mol. The van der Waals surface area contributed by atoms with E-state index in [1.165, 1.54) is 6.92 Å². The number of nitrogens with zero attached hydrogens (tertiary/aromatic N) is 4. The van der Waals surface area contributed by atoms with E-state index in [0.29, 0.717) is 44.5 Å². The molecule has 1 saturated heterocycles. The molecule has 1 atom stereocenters. The maximum Gasteiger partial charge on any atom is 0.421 e. The summed E-state index contributed by atoms with van der Waals surface area (Å²) in [6, 6.07) is 0.647. The number of aliphatic imine (C=N–C) groups is 1. The van der Waals surface area contributed by atoms with E-state index in [-0.39, 0.29) is 31.0 Å². The second kappa shape index (κ2) is 13.8. The summed E-state index contributed by atoms with van der Waals surface area (Å²) in [5.74, 6) is 0.207. The van der Waals surface area contributed by atoms with Crippen LogP contribution in [0.15, 0.2) is 38.9 Å². The number of piperazine rings is 1. The molecule has 0 saturated carbocycles. The summed E-state index contributed by atoms with van der Waals surface area (Å²) in [4.78, 5) is 31.7. The number of carbonyl (C=O) groups excluding carboxylic acids is 1. The predicted molar refractivity (Wildman–Crippen MR) is 133 cm³/mol. The van der Waals surface area contributed by atoms with Crippen molar-refractivity contribution in [2.24, 2.45) is 4.99 Å². The van der Waals surface area contributed by atoms with Gasteiger partial charge < -0.3 is 14.5 Å². The third-order valence-electron chi connectivity index (χ3n) is 6.27. The van der Waals surface area contributed by atoms with Gasteiger partial charge in [-0.05, 0) is 38.3 Å². The van der Waals surface area contributed by atoms with Crippen molar-refractivity contribution in [3.8, 4) is 0 Å². The second-order valence-electron chi connectivity index (χ2n) is 8.88. The van der Waals surface area contributed by atoms with Crippen LogP contribution in [0.1, 0.15) is 64.3 Å². The summed E-state index contributed by atoms with van der Waals surface area (Å²) in [7, 11) is 0. The van der Waals surface area contributed by atoms with Gasteiger partial charge in [-0.15, -0.1) is 0 Å². The molecule has 1 aromatic rings. The zero-order valence-corrected chi connectivity index (χ0v) is 22.2. The van der Waals surface area contributed by atoms with Gasteiger partial charge in [-0.1, -0.05) is 19.9 Å². The van der Waals surface area contributed by atoms with Crippen molar-refractivity contribution in [1.29, 1.82) is 0 Å². The fraction of sp³-hybridized carbons (Fsp3) is 0.600. The Morgan fingerprint density at radius 1 is 1.15 bits per heavy atom. The molecule has 39 heavy (non-hydrogen) atoms. The summed E-state index contributed by atoms with van der Waals surface area (Å²) in [6.07, 6.45) is -7.63. The van der Waals surface area contributed by atoms with E-state index in [1.54, 1.807) is 18.7 Å². The standard InChI is InChI=1S/C25H33F6N5O3/c1-5-16(4)22(32-15-17(6-2)24(26,27)28)36-11-9-35(10-12-36)21(37)8-13-39-20(7-3)19-14-18(25(29,30)31)23(38)34-33-19/h6,14-15,20H,5,7-13H2,1-4H3,(H,34,38)/b17-6+,22-16?,32-15-. The van der Waals surface area contributed by atoms with Crippen molar-refractivity contribution in [3.05, 3.63) is 50.7 Å². The maximum absolute atomic E-state index is 13.1. The first kappa shape index (κ1) is 32.1. The average Bonchev–Trinajstić information content (AvgIpc) is 2.88. The Labute approximate surface area is 222 Å². The molecule has 14 heteroatoms. The smallest absolute Gasteiger partial charge is 0.371 e. The number of nitrogens with one attached hydrogen (secondary N) is 1. The third kappa shape index (κ3) is 8.94. The lowest BCUT2D eigenvalue weighted by molar-refractivity contribution is -0.139. The van der Waals surface area contributed by atoms with Crippen molar-refractivity contribution in [2.45, 2.75) is 65.4 Å². The van der Waals surface area contributed by atoms with Crippen LogP contribution in [0.4, 0.5) is 26.3 Å². The van der Waals surface area contributed by atoms with Crippen LogP contribution in [0.5, 0.6) is 0 Å². The van der Waals surface area contributed by atoms with Crippen molar-refractivity contribution in [3.63, 3.8) is 0 Å². The Morgan fingerprint density at radius 2 is 1.77 bits per heavy atom. The molecule has 8 nitrogen and oxygen atoms in total. The number of hydrogen-bond acceptors (Lipinski definition) is 6. The van der Waals surface area contributed by atoms with Gasteiger partial charge in [0, 0.05) is 32.4 Å². The molecule has 1 aliphatic rings. The first-order valence-electron chi connectivity index (χ1n) is 12.5. The van der Waals surface area contributed by atoms with Crippen molar-refractivity contribution >= 4 is 12.1 Å². The summed E-state index contributed by atoms with van der Waals surface area (Å²) in [5.41, 5.74) is -2.86. The molecule has 2 rings (SSSR count). The number of carbonyl (C=O) groups is 1. The average molecular weight is 566 g/mol. The zero-order chi connectivity index (χ0) is 29.4. The minimum absolute atomic E-state index is 0.0307. The van der Waals surface area contributed by atoms with Gasteiger partial charge in [0.1, 0.15) is 17.5 Å². The number of hydrogen-bond donors (Lipinski definition) is 1. The number of allylic oxidation sites excluding steroid dienone is 3. The number of aromatic nitrogens is 2. The van der Waals surface area contributed by atoms with E-state index in [1.807, 2.05) is 16.9 Å². The van der Waals surface area contributed by atoms with E-state index < -0.39 is 35.2 Å². The van der Waals surface area contributed by atoms with Gasteiger partial charge in [0.25, 0.3) is 5.56 Å². The molecule has 0 bridgehead atoms. The molecular formula is C25H33F6N5O3. The highest BCUT2D eigenvalue weighted by Crippen LogP contribution is 2.29. The highest BCUT2D eigenvalue weighted by molar-refractivity contribution is 5.81. The summed E-state index contributed by atoms with van der Waals surface area (Å²) >= 11 is 0. The fourth-order valence-corrected chi connectivity index (χ4v) is 3.89.